The predicted molar refractivity (Wildman–Crippen MR) is 83.7 cm³/mol. The Morgan fingerprint density at radius 2 is 2.18 bits per heavy atom. The lowest BCUT2D eigenvalue weighted by atomic mass is 9.84. The summed E-state index contributed by atoms with van der Waals surface area (Å²) in [5.41, 5.74) is 1.99. The second-order valence-corrected chi connectivity index (χ2v) is 6.33. The van der Waals surface area contributed by atoms with Crippen LogP contribution in [0.3, 0.4) is 0 Å². The zero-order chi connectivity index (χ0) is 15.7. The van der Waals surface area contributed by atoms with Crippen molar-refractivity contribution in [3.8, 4) is 0 Å². The summed E-state index contributed by atoms with van der Waals surface area (Å²) in [7, 11) is 0. The van der Waals surface area contributed by atoms with Crippen molar-refractivity contribution in [1.82, 2.24) is 5.32 Å². The van der Waals surface area contributed by atoms with Crippen LogP contribution in [0.4, 0.5) is 5.69 Å². The molecule has 1 aromatic carbocycles. The monoisotopic (exact) mass is 302 g/mol. The molecule has 3 rings (SSSR count). The van der Waals surface area contributed by atoms with Gasteiger partial charge in [0.1, 0.15) is 6.04 Å². The average Bonchev–Trinajstić information content (AvgIpc) is 2.94. The molecule has 2 saturated heterocycles. The Morgan fingerprint density at radius 3 is 2.86 bits per heavy atom. The Labute approximate surface area is 130 Å². The second-order valence-electron chi connectivity index (χ2n) is 6.33. The average molecular weight is 302 g/mol. The predicted octanol–water partition coefficient (Wildman–Crippen LogP) is 2.33. The van der Waals surface area contributed by atoms with E-state index in [1.54, 1.807) is 0 Å². The second kappa shape index (κ2) is 6.08. The minimum atomic E-state index is -0.789. The number of aliphatic carboxylic acids is 1. The number of hydrogen-bond acceptors (Lipinski definition) is 3. The van der Waals surface area contributed by atoms with E-state index in [1.165, 1.54) is 0 Å². The number of carbonyl (C=O) groups excluding carboxylic acids is 1. The summed E-state index contributed by atoms with van der Waals surface area (Å²) in [6, 6.07) is 7.49. The van der Waals surface area contributed by atoms with Crippen molar-refractivity contribution in [2.75, 3.05) is 11.4 Å². The van der Waals surface area contributed by atoms with E-state index in [1.807, 2.05) is 29.2 Å². The lowest BCUT2D eigenvalue weighted by molar-refractivity contribution is -0.140. The standard InChI is InChI=1S/C17H22N2O3/c1-11-7-8-14(17(21)22)18-16(11)12-4-2-5-13(10-12)19-9-3-6-15(19)20/h2,4-5,10-11,14,16,18H,3,6-9H2,1H3,(H,21,22)/t11-,14?,16-/m0/s1. The van der Waals surface area contributed by atoms with Gasteiger partial charge in [-0.25, -0.2) is 0 Å². The molecule has 2 N–H and O–H groups in total. The molecule has 22 heavy (non-hydrogen) atoms. The number of hydrogen-bond donors (Lipinski definition) is 2. The molecule has 2 heterocycles. The number of anilines is 1. The molecule has 1 amide bonds. The maximum absolute atomic E-state index is 11.9. The molecule has 0 saturated carbocycles. The van der Waals surface area contributed by atoms with Crippen LogP contribution in [-0.4, -0.2) is 29.6 Å². The molecule has 5 heteroatoms. The Hall–Kier alpha value is -1.88. The van der Waals surface area contributed by atoms with E-state index in [0.29, 0.717) is 18.8 Å². The van der Waals surface area contributed by atoms with Gasteiger partial charge >= 0.3 is 5.97 Å². The van der Waals surface area contributed by atoms with E-state index >= 15 is 0 Å². The molecule has 3 atom stereocenters. The van der Waals surface area contributed by atoms with Crippen LogP contribution in [0.5, 0.6) is 0 Å². The summed E-state index contributed by atoms with van der Waals surface area (Å²) in [5, 5.41) is 12.5. The first-order valence-corrected chi connectivity index (χ1v) is 7.95. The van der Waals surface area contributed by atoms with Crippen LogP contribution in [-0.2, 0) is 9.59 Å². The highest BCUT2D eigenvalue weighted by Crippen LogP contribution is 2.33. The number of nitrogens with one attached hydrogen (secondary N) is 1. The molecule has 2 fully saturated rings. The number of benzene rings is 1. The number of carboxylic acids is 1. The number of carboxylic acid groups (broad SMARTS) is 1. The van der Waals surface area contributed by atoms with Crippen LogP contribution in [0.25, 0.3) is 0 Å². The van der Waals surface area contributed by atoms with Crippen molar-refractivity contribution in [2.24, 2.45) is 5.92 Å². The summed E-state index contributed by atoms with van der Waals surface area (Å²) in [6.07, 6.45) is 3.07. The van der Waals surface area contributed by atoms with Crippen LogP contribution in [0.1, 0.15) is 44.2 Å². The van der Waals surface area contributed by atoms with Gasteiger partial charge in [0.15, 0.2) is 0 Å². The van der Waals surface area contributed by atoms with Crippen LogP contribution in [0.2, 0.25) is 0 Å². The molecule has 1 aromatic rings. The molecule has 2 aliphatic rings. The molecule has 0 radical (unpaired) electrons. The van der Waals surface area contributed by atoms with Crippen LogP contribution in [0, 0.1) is 5.92 Å². The van der Waals surface area contributed by atoms with Crippen molar-refractivity contribution >= 4 is 17.6 Å². The van der Waals surface area contributed by atoms with E-state index in [2.05, 4.69) is 12.2 Å². The molecular formula is C17H22N2O3. The number of nitrogens with zero attached hydrogens (tertiary/aromatic N) is 1. The summed E-state index contributed by atoms with van der Waals surface area (Å²) >= 11 is 0. The van der Waals surface area contributed by atoms with Crippen LogP contribution in [0.15, 0.2) is 24.3 Å². The topological polar surface area (TPSA) is 69.6 Å². The van der Waals surface area contributed by atoms with Gasteiger partial charge in [0.2, 0.25) is 5.91 Å². The van der Waals surface area contributed by atoms with Crippen LogP contribution < -0.4 is 10.2 Å². The number of amides is 1. The molecule has 5 nitrogen and oxygen atoms in total. The maximum Gasteiger partial charge on any atom is 0.320 e. The van der Waals surface area contributed by atoms with Crippen LogP contribution >= 0.6 is 0 Å². The fourth-order valence-corrected chi connectivity index (χ4v) is 3.49. The first-order chi connectivity index (χ1) is 10.6. The quantitative estimate of drug-likeness (QED) is 0.899. The van der Waals surface area contributed by atoms with Gasteiger partial charge < -0.3 is 10.0 Å². The summed E-state index contributed by atoms with van der Waals surface area (Å²) < 4.78 is 0. The van der Waals surface area contributed by atoms with Gasteiger partial charge in [0, 0.05) is 24.7 Å². The highest BCUT2D eigenvalue weighted by molar-refractivity contribution is 5.95. The smallest absolute Gasteiger partial charge is 0.320 e. The first kappa shape index (κ1) is 15.0. The third-order valence-corrected chi connectivity index (χ3v) is 4.77. The highest BCUT2D eigenvalue weighted by Gasteiger charge is 2.32. The lowest BCUT2D eigenvalue weighted by Gasteiger charge is -2.34. The van der Waals surface area contributed by atoms with Gasteiger partial charge in [-0.2, -0.15) is 0 Å². The van der Waals surface area contributed by atoms with E-state index in [-0.39, 0.29) is 11.9 Å². The van der Waals surface area contributed by atoms with Gasteiger partial charge in [-0.15, -0.1) is 0 Å². The number of rotatable bonds is 3. The minimum Gasteiger partial charge on any atom is -0.480 e. The van der Waals surface area contributed by atoms with E-state index < -0.39 is 12.0 Å². The van der Waals surface area contributed by atoms with Gasteiger partial charge in [-0.05, 0) is 42.9 Å². The Morgan fingerprint density at radius 1 is 1.36 bits per heavy atom. The maximum atomic E-state index is 11.9. The Balaban J connectivity index is 1.84. The molecule has 0 aromatic heterocycles. The summed E-state index contributed by atoms with van der Waals surface area (Å²) in [4.78, 5) is 25.0. The van der Waals surface area contributed by atoms with Gasteiger partial charge in [0.25, 0.3) is 0 Å². The van der Waals surface area contributed by atoms with E-state index in [0.717, 1.165) is 30.6 Å². The van der Waals surface area contributed by atoms with E-state index in [4.69, 9.17) is 0 Å². The molecule has 0 aliphatic carbocycles. The van der Waals surface area contributed by atoms with Crippen molar-refractivity contribution in [3.63, 3.8) is 0 Å². The SMILES string of the molecule is C[C@H]1CCC(C(=O)O)N[C@@H]1c1cccc(N2CCCC2=O)c1. The first-order valence-electron chi connectivity index (χ1n) is 7.95. The normalized spacial score (nSPS) is 28.9. The largest absolute Gasteiger partial charge is 0.480 e. The van der Waals surface area contributed by atoms with Gasteiger partial charge in [-0.1, -0.05) is 19.1 Å². The number of carbonyl (C=O) groups is 2. The fourth-order valence-electron chi connectivity index (χ4n) is 3.49. The molecule has 0 bridgehead atoms. The molecule has 1 unspecified atom stereocenters. The van der Waals surface area contributed by atoms with Crippen molar-refractivity contribution in [1.29, 1.82) is 0 Å². The lowest BCUT2D eigenvalue weighted by Crippen LogP contribution is -2.45. The molecule has 0 spiro atoms. The zero-order valence-corrected chi connectivity index (χ0v) is 12.8. The minimum absolute atomic E-state index is 0.0208. The highest BCUT2D eigenvalue weighted by atomic mass is 16.4. The third-order valence-electron chi connectivity index (χ3n) is 4.77. The van der Waals surface area contributed by atoms with Gasteiger partial charge in [0.05, 0.1) is 0 Å². The fraction of sp³-hybridized carbons (Fsp3) is 0.529. The van der Waals surface area contributed by atoms with Crippen molar-refractivity contribution in [2.45, 2.75) is 44.7 Å². The molecule has 2 aliphatic heterocycles. The molecule has 118 valence electrons. The van der Waals surface area contributed by atoms with Crippen molar-refractivity contribution in [3.05, 3.63) is 29.8 Å². The summed E-state index contributed by atoms with van der Waals surface area (Å²) in [6.45, 7) is 2.91. The third kappa shape index (κ3) is 2.86. The van der Waals surface area contributed by atoms with Gasteiger partial charge in [-0.3, -0.25) is 14.9 Å². The molecular weight excluding hydrogens is 280 g/mol. The summed E-state index contributed by atoms with van der Waals surface area (Å²) in [5.74, 6) is -0.242. The zero-order valence-electron chi connectivity index (χ0n) is 12.8. The van der Waals surface area contributed by atoms with E-state index in [9.17, 15) is 14.7 Å². The number of piperidine rings is 1. The Bertz CT molecular complexity index is 587. The van der Waals surface area contributed by atoms with Crippen molar-refractivity contribution < 1.29 is 14.7 Å². The Kier molecular flexibility index (Phi) is 4.16.